The lowest BCUT2D eigenvalue weighted by molar-refractivity contribution is 0.627. The molecule has 1 heterocycles. The van der Waals surface area contributed by atoms with Crippen LogP contribution in [0.15, 0.2) is 30.3 Å². The second kappa shape index (κ2) is 6.32. The summed E-state index contributed by atoms with van der Waals surface area (Å²) < 4.78 is 13.4. The summed E-state index contributed by atoms with van der Waals surface area (Å²) in [5.41, 5.74) is 1.66. The van der Waals surface area contributed by atoms with E-state index in [0.29, 0.717) is 12.5 Å². The van der Waals surface area contributed by atoms with Gasteiger partial charge in [0.15, 0.2) is 0 Å². The summed E-state index contributed by atoms with van der Waals surface area (Å²) in [6, 6.07) is 8.42. The van der Waals surface area contributed by atoms with Gasteiger partial charge in [-0.05, 0) is 39.0 Å². The molecule has 0 bridgehead atoms. The SMILES string of the molecule is CCNc1nc(C)cc(N(CC)c2cccc(F)c2)n1. The fourth-order valence-corrected chi connectivity index (χ4v) is 2.05. The molecule has 1 aromatic heterocycles. The summed E-state index contributed by atoms with van der Waals surface area (Å²) >= 11 is 0. The number of aryl methyl sites for hydroxylation is 1. The number of aromatic nitrogens is 2. The van der Waals surface area contributed by atoms with Crippen LogP contribution in [0.2, 0.25) is 0 Å². The summed E-state index contributed by atoms with van der Waals surface area (Å²) in [4.78, 5) is 10.8. The molecule has 0 fully saturated rings. The topological polar surface area (TPSA) is 41.1 Å². The molecular weight excluding hydrogens is 255 g/mol. The van der Waals surface area contributed by atoms with E-state index in [1.54, 1.807) is 6.07 Å². The van der Waals surface area contributed by atoms with Crippen molar-refractivity contribution in [3.8, 4) is 0 Å². The first-order valence-electron chi connectivity index (χ1n) is 6.76. The van der Waals surface area contributed by atoms with Crippen LogP contribution in [0.4, 0.5) is 21.8 Å². The van der Waals surface area contributed by atoms with E-state index >= 15 is 0 Å². The highest BCUT2D eigenvalue weighted by atomic mass is 19.1. The molecule has 20 heavy (non-hydrogen) atoms. The minimum atomic E-state index is -0.251. The third kappa shape index (κ3) is 3.23. The van der Waals surface area contributed by atoms with Crippen LogP contribution in [0.3, 0.4) is 0 Å². The first-order chi connectivity index (χ1) is 9.63. The lowest BCUT2D eigenvalue weighted by Gasteiger charge is -2.23. The van der Waals surface area contributed by atoms with Gasteiger partial charge >= 0.3 is 0 Å². The zero-order valence-electron chi connectivity index (χ0n) is 12.0. The Morgan fingerprint density at radius 1 is 1.20 bits per heavy atom. The van der Waals surface area contributed by atoms with Crippen LogP contribution >= 0.6 is 0 Å². The molecule has 2 aromatic rings. The van der Waals surface area contributed by atoms with Gasteiger partial charge in [-0.1, -0.05) is 6.07 Å². The average molecular weight is 274 g/mol. The van der Waals surface area contributed by atoms with Gasteiger partial charge in [0.25, 0.3) is 0 Å². The minimum absolute atomic E-state index is 0.251. The van der Waals surface area contributed by atoms with E-state index in [9.17, 15) is 4.39 Å². The second-order valence-corrected chi connectivity index (χ2v) is 4.45. The predicted octanol–water partition coefficient (Wildman–Crippen LogP) is 3.51. The predicted molar refractivity (Wildman–Crippen MR) is 80.0 cm³/mol. The summed E-state index contributed by atoms with van der Waals surface area (Å²) in [7, 11) is 0. The normalized spacial score (nSPS) is 10.4. The highest BCUT2D eigenvalue weighted by Crippen LogP contribution is 2.25. The quantitative estimate of drug-likeness (QED) is 0.905. The van der Waals surface area contributed by atoms with Gasteiger partial charge in [0, 0.05) is 30.5 Å². The first-order valence-corrected chi connectivity index (χ1v) is 6.76. The number of benzene rings is 1. The molecule has 0 aliphatic rings. The summed E-state index contributed by atoms with van der Waals surface area (Å²) in [5.74, 6) is 1.11. The lowest BCUT2D eigenvalue weighted by atomic mass is 10.2. The third-order valence-electron chi connectivity index (χ3n) is 2.89. The van der Waals surface area contributed by atoms with Crippen LogP contribution in [0.1, 0.15) is 19.5 Å². The van der Waals surface area contributed by atoms with Gasteiger partial charge in [0.1, 0.15) is 11.6 Å². The van der Waals surface area contributed by atoms with Crippen molar-refractivity contribution in [1.29, 1.82) is 0 Å². The zero-order valence-corrected chi connectivity index (χ0v) is 12.0. The van der Waals surface area contributed by atoms with Crippen LogP contribution < -0.4 is 10.2 Å². The number of nitrogens with one attached hydrogen (secondary N) is 1. The molecular formula is C15H19FN4. The maximum absolute atomic E-state index is 13.4. The Kier molecular flexibility index (Phi) is 4.50. The Labute approximate surface area is 118 Å². The van der Waals surface area contributed by atoms with Crippen molar-refractivity contribution < 1.29 is 4.39 Å². The number of hydrogen-bond acceptors (Lipinski definition) is 4. The fraction of sp³-hybridized carbons (Fsp3) is 0.333. The van der Waals surface area contributed by atoms with Gasteiger partial charge in [-0.15, -0.1) is 0 Å². The van der Waals surface area contributed by atoms with Crippen molar-refractivity contribution in [3.05, 3.63) is 41.8 Å². The van der Waals surface area contributed by atoms with Crippen molar-refractivity contribution in [2.24, 2.45) is 0 Å². The van der Waals surface area contributed by atoms with Gasteiger partial charge in [-0.25, -0.2) is 9.37 Å². The smallest absolute Gasteiger partial charge is 0.224 e. The maximum Gasteiger partial charge on any atom is 0.224 e. The van der Waals surface area contributed by atoms with Crippen LogP contribution in [0, 0.1) is 12.7 Å². The monoisotopic (exact) mass is 274 g/mol. The van der Waals surface area contributed by atoms with E-state index in [0.717, 1.165) is 23.7 Å². The Bertz CT molecular complexity index is 586. The van der Waals surface area contributed by atoms with E-state index in [4.69, 9.17) is 0 Å². The highest BCUT2D eigenvalue weighted by molar-refractivity contribution is 5.61. The van der Waals surface area contributed by atoms with Crippen LogP contribution in [0.25, 0.3) is 0 Å². The van der Waals surface area contributed by atoms with Crippen molar-refractivity contribution in [1.82, 2.24) is 9.97 Å². The molecule has 1 aromatic carbocycles. The van der Waals surface area contributed by atoms with Crippen molar-refractivity contribution in [2.45, 2.75) is 20.8 Å². The number of rotatable bonds is 5. The zero-order chi connectivity index (χ0) is 14.5. The van der Waals surface area contributed by atoms with E-state index in [2.05, 4.69) is 15.3 Å². The van der Waals surface area contributed by atoms with Gasteiger partial charge in [0.2, 0.25) is 5.95 Å². The van der Waals surface area contributed by atoms with Crippen LogP contribution in [-0.2, 0) is 0 Å². The molecule has 0 atom stereocenters. The molecule has 0 unspecified atom stereocenters. The first kappa shape index (κ1) is 14.2. The molecule has 0 spiro atoms. The largest absolute Gasteiger partial charge is 0.354 e. The molecule has 0 saturated carbocycles. The Morgan fingerprint density at radius 2 is 2.00 bits per heavy atom. The maximum atomic E-state index is 13.4. The van der Waals surface area contributed by atoms with E-state index in [-0.39, 0.29) is 5.82 Å². The molecule has 5 heteroatoms. The van der Waals surface area contributed by atoms with E-state index in [1.807, 2.05) is 37.8 Å². The molecule has 4 nitrogen and oxygen atoms in total. The van der Waals surface area contributed by atoms with Crippen LogP contribution in [-0.4, -0.2) is 23.1 Å². The van der Waals surface area contributed by atoms with Crippen molar-refractivity contribution in [3.63, 3.8) is 0 Å². The average Bonchev–Trinajstić information content (AvgIpc) is 2.39. The molecule has 0 aliphatic heterocycles. The molecule has 1 N–H and O–H groups in total. The van der Waals surface area contributed by atoms with Gasteiger partial charge < -0.3 is 10.2 Å². The summed E-state index contributed by atoms with van der Waals surface area (Å²) in [6.07, 6.45) is 0. The van der Waals surface area contributed by atoms with Gasteiger partial charge in [0.05, 0.1) is 0 Å². The van der Waals surface area contributed by atoms with Gasteiger partial charge in [-0.3, -0.25) is 0 Å². The van der Waals surface area contributed by atoms with Gasteiger partial charge in [-0.2, -0.15) is 4.98 Å². The fourth-order valence-electron chi connectivity index (χ4n) is 2.05. The number of nitrogens with zero attached hydrogens (tertiary/aromatic N) is 3. The summed E-state index contributed by atoms with van der Waals surface area (Å²) in [5, 5.41) is 3.11. The van der Waals surface area contributed by atoms with Crippen molar-refractivity contribution >= 4 is 17.5 Å². The number of halogens is 1. The third-order valence-corrected chi connectivity index (χ3v) is 2.89. The van der Waals surface area contributed by atoms with Crippen molar-refractivity contribution in [2.75, 3.05) is 23.3 Å². The lowest BCUT2D eigenvalue weighted by Crippen LogP contribution is -2.19. The standard InChI is InChI=1S/C15H19FN4/c1-4-17-15-18-11(3)9-14(19-15)20(5-2)13-8-6-7-12(16)10-13/h6-10H,4-5H2,1-3H3,(H,17,18,19). The van der Waals surface area contributed by atoms with E-state index in [1.165, 1.54) is 12.1 Å². The van der Waals surface area contributed by atoms with Crippen LogP contribution in [0.5, 0.6) is 0 Å². The molecule has 0 radical (unpaired) electrons. The highest BCUT2D eigenvalue weighted by Gasteiger charge is 2.11. The molecule has 2 rings (SSSR count). The summed E-state index contributed by atoms with van der Waals surface area (Å²) in [6.45, 7) is 7.39. The number of hydrogen-bond donors (Lipinski definition) is 1. The second-order valence-electron chi connectivity index (χ2n) is 4.45. The molecule has 0 amide bonds. The Balaban J connectivity index is 2.41. The molecule has 0 saturated heterocycles. The minimum Gasteiger partial charge on any atom is -0.354 e. The molecule has 106 valence electrons. The molecule has 0 aliphatic carbocycles. The Hall–Kier alpha value is -2.17. The number of anilines is 3. The van der Waals surface area contributed by atoms with E-state index < -0.39 is 0 Å². The Morgan fingerprint density at radius 3 is 2.65 bits per heavy atom.